The minimum atomic E-state index is -0.895. The van der Waals surface area contributed by atoms with Crippen LogP contribution >= 0.6 is 11.6 Å². The van der Waals surface area contributed by atoms with Crippen molar-refractivity contribution >= 4 is 29.1 Å². The van der Waals surface area contributed by atoms with E-state index in [0.717, 1.165) is 18.6 Å². The Balaban J connectivity index is 1.37. The number of carbonyl (C=O) groups is 2. The molecule has 31 heavy (non-hydrogen) atoms. The standard InChI is InChI=1S/C22H21ClF2N2O4/c23-16-11-19-20(31-9-1-8-30-19)12-18(16)26-21(28)13-4-6-27(7-5-13)22(29)15-3-2-14(24)10-17(15)25/h2-3,10-13H,1,4-9H2,(H,26,28). The van der Waals surface area contributed by atoms with E-state index >= 15 is 0 Å². The van der Waals surface area contributed by atoms with E-state index in [2.05, 4.69) is 5.32 Å². The third-order valence-corrected chi connectivity index (χ3v) is 5.72. The van der Waals surface area contributed by atoms with E-state index < -0.39 is 17.5 Å². The molecule has 6 nitrogen and oxygen atoms in total. The Hall–Kier alpha value is -2.87. The van der Waals surface area contributed by atoms with Gasteiger partial charge in [-0.05, 0) is 25.0 Å². The van der Waals surface area contributed by atoms with Gasteiger partial charge in [0.15, 0.2) is 11.5 Å². The second-order valence-electron chi connectivity index (χ2n) is 7.51. The number of benzene rings is 2. The van der Waals surface area contributed by atoms with E-state index in [0.29, 0.717) is 67.4 Å². The van der Waals surface area contributed by atoms with Gasteiger partial charge in [0.25, 0.3) is 5.91 Å². The largest absolute Gasteiger partial charge is 0.490 e. The highest BCUT2D eigenvalue weighted by Crippen LogP contribution is 2.38. The van der Waals surface area contributed by atoms with Gasteiger partial charge in [0.2, 0.25) is 5.91 Å². The van der Waals surface area contributed by atoms with Crippen LogP contribution in [0.1, 0.15) is 29.6 Å². The van der Waals surface area contributed by atoms with Crippen LogP contribution < -0.4 is 14.8 Å². The van der Waals surface area contributed by atoms with E-state index in [4.69, 9.17) is 21.1 Å². The lowest BCUT2D eigenvalue weighted by molar-refractivity contribution is -0.121. The zero-order valence-electron chi connectivity index (χ0n) is 16.6. The number of fused-ring (bicyclic) bond motifs is 1. The van der Waals surface area contributed by atoms with Gasteiger partial charge in [-0.2, -0.15) is 0 Å². The topological polar surface area (TPSA) is 67.9 Å². The lowest BCUT2D eigenvalue weighted by Gasteiger charge is -2.31. The molecule has 0 atom stereocenters. The van der Waals surface area contributed by atoms with Crippen LogP contribution in [0.3, 0.4) is 0 Å². The van der Waals surface area contributed by atoms with Crippen molar-refractivity contribution in [1.29, 1.82) is 0 Å². The maximum absolute atomic E-state index is 13.9. The van der Waals surface area contributed by atoms with Gasteiger partial charge in [-0.25, -0.2) is 8.78 Å². The summed E-state index contributed by atoms with van der Waals surface area (Å²) >= 11 is 6.29. The fourth-order valence-electron chi connectivity index (χ4n) is 3.69. The number of carbonyl (C=O) groups excluding carboxylic acids is 2. The van der Waals surface area contributed by atoms with Gasteiger partial charge >= 0.3 is 0 Å². The van der Waals surface area contributed by atoms with Crippen LogP contribution in [0, 0.1) is 17.6 Å². The summed E-state index contributed by atoms with van der Waals surface area (Å²) in [6, 6.07) is 6.15. The number of anilines is 1. The van der Waals surface area contributed by atoms with Crippen molar-refractivity contribution in [1.82, 2.24) is 4.90 Å². The van der Waals surface area contributed by atoms with Crippen molar-refractivity contribution in [2.45, 2.75) is 19.3 Å². The first-order chi connectivity index (χ1) is 14.9. The Morgan fingerprint density at radius 3 is 2.39 bits per heavy atom. The summed E-state index contributed by atoms with van der Waals surface area (Å²) in [7, 11) is 0. The highest BCUT2D eigenvalue weighted by atomic mass is 35.5. The molecule has 0 radical (unpaired) electrons. The number of nitrogens with zero attached hydrogens (tertiary/aromatic N) is 1. The van der Waals surface area contributed by atoms with E-state index in [1.165, 1.54) is 4.90 Å². The smallest absolute Gasteiger partial charge is 0.256 e. The summed E-state index contributed by atoms with van der Waals surface area (Å²) in [5.74, 6) is -1.61. The Kier molecular flexibility index (Phi) is 6.27. The molecule has 2 heterocycles. The van der Waals surface area contributed by atoms with Crippen molar-refractivity contribution in [2.24, 2.45) is 5.92 Å². The van der Waals surface area contributed by atoms with Crippen LogP contribution in [0.5, 0.6) is 11.5 Å². The number of likely N-dealkylation sites (tertiary alicyclic amines) is 1. The fraction of sp³-hybridized carbons (Fsp3) is 0.364. The first kappa shape index (κ1) is 21.4. The molecule has 1 fully saturated rings. The molecule has 2 amide bonds. The van der Waals surface area contributed by atoms with Gasteiger partial charge in [0, 0.05) is 43.6 Å². The lowest BCUT2D eigenvalue weighted by atomic mass is 9.95. The van der Waals surface area contributed by atoms with Crippen LogP contribution in [-0.4, -0.2) is 43.0 Å². The SMILES string of the molecule is O=C(Nc1cc2c(cc1Cl)OCCCO2)C1CCN(C(=O)c2ccc(F)cc2F)CC1. The molecule has 2 aliphatic rings. The molecule has 4 rings (SSSR count). The van der Waals surface area contributed by atoms with E-state index in [1.54, 1.807) is 12.1 Å². The van der Waals surface area contributed by atoms with Crippen molar-refractivity contribution in [2.75, 3.05) is 31.6 Å². The molecular formula is C22H21ClF2N2O4. The molecule has 0 aromatic heterocycles. The van der Waals surface area contributed by atoms with Gasteiger partial charge < -0.3 is 19.7 Å². The number of ether oxygens (including phenoxy) is 2. The summed E-state index contributed by atoms with van der Waals surface area (Å²) in [6.45, 7) is 1.64. The molecule has 0 aliphatic carbocycles. The Labute approximate surface area is 183 Å². The third kappa shape index (κ3) is 4.74. The number of amides is 2. The summed E-state index contributed by atoms with van der Waals surface area (Å²) in [6.07, 6.45) is 1.60. The maximum Gasteiger partial charge on any atom is 0.256 e. The summed E-state index contributed by atoms with van der Waals surface area (Å²) < 4.78 is 38.2. The van der Waals surface area contributed by atoms with E-state index in [9.17, 15) is 18.4 Å². The number of hydrogen-bond donors (Lipinski definition) is 1. The lowest BCUT2D eigenvalue weighted by Crippen LogP contribution is -2.41. The predicted molar refractivity (Wildman–Crippen MR) is 111 cm³/mol. The zero-order chi connectivity index (χ0) is 22.0. The Bertz CT molecular complexity index is 1010. The van der Waals surface area contributed by atoms with Crippen LogP contribution in [0.2, 0.25) is 5.02 Å². The Morgan fingerprint density at radius 2 is 1.71 bits per heavy atom. The average molecular weight is 451 g/mol. The average Bonchev–Trinajstić information content (AvgIpc) is 2.98. The third-order valence-electron chi connectivity index (χ3n) is 5.41. The monoisotopic (exact) mass is 450 g/mol. The molecule has 9 heteroatoms. The van der Waals surface area contributed by atoms with Gasteiger partial charge in [-0.1, -0.05) is 11.6 Å². The fourth-order valence-corrected chi connectivity index (χ4v) is 3.89. The van der Waals surface area contributed by atoms with Crippen molar-refractivity contribution in [3.63, 3.8) is 0 Å². The predicted octanol–water partition coefficient (Wildman–Crippen LogP) is 4.27. The molecule has 0 bridgehead atoms. The highest BCUT2D eigenvalue weighted by Gasteiger charge is 2.29. The number of piperidine rings is 1. The van der Waals surface area contributed by atoms with Gasteiger partial charge in [0.1, 0.15) is 11.6 Å². The summed E-state index contributed by atoms with van der Waals surface area (Å²) in [5.41, 5.74) is 0.256. The van der Waals surface area contributed by atoms with Crippen LogP contribution in [0.4, 0.5) is 14.5 Å². The normalized spacial score (nSPS) is 16.5. The summed E-state index contributed by atoms with van der Waals surface area (Å²) in [4.78, 5) is 26.7. The second-order valence-corrected chi connectivity index (χ2v) is 7.92. The van der Waals surface area contributed by atoms with E-state index in [1.807, 2.05) is 0 Å². The molecule has 1 saturated heterocycles. The number of rotatable bonds is 3. The second kappa shape index (κ2) is 9.09. The van der Waals surface area contributed by atoms with Crippen LogP contribution in [-0.2, 0) is 4.79 Å². The molecule has 1 N–H and O–H groups in total. The maximum atomic E-state index is 13.9. The minimum absolute atomic E-state index is 0.178. The number of hydrogen-bond acceptors (Lipinski definition) is 4. The number of nitrogens with one attached hydrogen (secondary N) is 1. The van der Waals surface area contributed by atoms with E-state index in [-0.39, 0.29) is 17.4 Å². The highest BCUT2D eigenvalue weighted by molar-refractivity contribution is 6.34. The van der Waals surface area contributed by atoms with Crippen molar-refractivity contribution < 1.29 is 27.8 Å². The quantitative estimate of drug-likeness (QED) is 0.758. The molecule has 2 aromatic rings. The molecule has 0 spiro atoms. The molecule has 0 saturated carbocycles. The first-order valence-electron chi connectivity index (χ1n) is 10.1. The molecule has 0 unspecified atom stereocenters. The zero-order valence-corrected chi connectivity index (χ0v) is 17.4. The van der Waals surface area contributed by atoms with Crippen molar-refractivity contribution in [3.8, 4) is 11.5 Å². The Morgan fingerprint density at radius 1 is 1.03 bits per heavy atom. The first-order valence-corrected chi connectivity index (χ1v) is 10.4. The van der Waals surface area contributed by atoms with Gasteiger partial charge in [0.05, 0.1) is 29.5 Å². The van der Waals surface area contributed by atoms with Crippen LogP contribution in [0.15, 0.2) is 30.3 Å². The summed E-state index contributed by atoms with van der Waals surface area (Å²) in [5, 5.41) is 3.17. The molecule has 2 aliphatic heterocycles. The number of halogens is 3. The molecule has 2 aromatic carbocycles. The van der Waals surface area contributed by atoms with Gasteiger partial charge in [-0.15, -0.1) is 0 Å². The molecule has 164 valence electrons. The van der Waals surface area contributed by atoms with Gasteiger partial charge in [-0.3, -0.25) is 9.59 Å². The minimum Gasteiger partial charge on any atom is -0.490 e. The van der Waals surface area contributed by atoms with Crippen molar-refractivity contribution in [3.05, 3.63) is 52.6 Å². The molecular weight excluding hydrogens is 430 g/mol. The van der Waals surface area contributed by atoms with Crippen LogP contribution in [0.25, 0.3) is 0 Å².